The highest BCUT2D eigenvalue weighted by Crippen LogP contribution is 2.35. The van der Waals surface area contributed by atoms with E-state index in [1.165, 1.54) is 18.4 Å². The van der Waals surface area contributed by atoms with Crippen molar-refractivity contribution in [1.82, 2.24) is 9.97 Å². The van der Waals surface area contributed by atoms with E-state index < -0.39 is 0 Å². The van der Waals surface area contributed by atoms with Crippen molar-refractivity contribution < 1.29 is 0 Å². The van der Waals surface area contributed by atoms with E-state index in [0.29, 0.717) is 17.9 Å². The maximum Gasteiger partial charge on any atom is 0.137 e. The Labute approximate surface area is 123 Å². The average Bonchev–Trinajstić information content (AvgIpc) is 3.20. The summed E-state index contributed by atoms with van der Waals surface area (Å²) < 4.78 is 0. The van der Waals surface area contributed by atoms with E-state index in [-0.39, 0.29) is 0 Å². The highest BCUT2D eigenvalue weighted by atomic mass is 15.3. The van der Waals surface area contributed by atoms with Crippen LogP contribution in [-0.2, 0) is 0 Å². The lowest BCUT2D eigenvalue weighted by Gasteiger charge is -2.28. The summed E-state index contributed by atoms with van der Waals surface area (Å²) in [5, 5.41) is 3.22. The van der Waals surface area contributed by atoms with Crippen molar-refractivity contribution in [3.63, 3.8) is 0 Å². The van der Waals surface area contributed by atoms with Crippen LogP contribution in [0.25, 0.3) is 0 Å². The second-order valence-corrected chi connectivity index (χ2v) is 6.56. The van der Waals surface area contributed by atoms with E-state index >= 15 is 0 Å². The normalized spacial score (nSPS) is 15.0. The molecule has 0 spiro atoms. The molecule has 0 radical (unpaired) electrons. The number of aromatic nitrogens is 2. The third-order valence-corrected chi connectivity index (χ3v) is 3.71. The zero-order chi connectivity index (χ0) is 14.9. The number of rotatable bonds is 6. The molecule has 112 valence electrons. The number of nitrogens with zero attached hydrogens (tertiary/aromatic N) is 3. The number of anilines is 2. The summed E-state index contributed by atoms with van der Waals surface area (Å²) in [5.41, 5.74) is 1.17. The lowest BCUT2D eigenvalue weighted by Crippen LogP contribution is -2.32. The van der Waals surface area contributed by atoms with E-state index in [4.69, 9.17) is 4.98 Å². The first-order valence-electron chi connectivity index (χ1n) is 7.77. The standard InChI is InChI=1S/C16H28N4/c1-10(2)9-20(13-7-8-13)16-12(5)15(17-6)18-14(19-16)11(3)4/h10-11,13H,7-9H2,1-6H3,(H,17,18,19). The first-order chi connectivity index (χ1) is 9.43. The van der Waals surface area contributed by atoms with Crippen molar-refractivity contribution in [2.45, 2.75) is 59.4 Å². The Morgan fingerprint density at radius 3 is 2.30 bits per heavy atom. The third kappa shape index (κ3) is 3.22. The highest BCUT2D eigenvalue weighted by molar-refractivity contribution is 5.59. The minimum atomic E-state index is 0.349. The van der Waals surface area contributed by atoms with Crippen molar-refractivity contribution in [2.75, 3.05) is 23.8 Å². The van der Waals surface area contributed by atoms with Gasteiger partial charge in [0.2, 0.25) is 0 Å². The number of nitrogens with one attached hydrogen (secondary N) is 1. The third-order valence-electron chi connectivity index (χ3n) is 3.71. The lowest BCUT2D eigenvalue weighted by molar-refractivity contribution is 0.598. The predicted octanol–water partition coefficient (Wildman–Crippen LogP) is 3.57. The fourth-order valence-electron chi connectivity index (χ4n) is 2.49. The molecule has 0 amide bonds. The molecule has 1 aromatic rings. The van der Waals surface area contributed by atoms with E-state index in [0.717, 1.165) is 24.0 Å². The average molecular weight is 276 g/mol. The van der Waals surface area contributed by atoms with Crippen molar-refractivity contribution in [3.05, 3.63) is 11.4 Å². The highest BCUT2D eigenvalue weighted by Gasteiger charge is 2.32. The van der Waals surface area contributed by atoms with Gasteiger partial charge in [0.1, 0.15) is 17.5 Å². The van der Waals surface area contributed by atoms with Crippen LogP contribution in [0.1, 0.15) is 57.8 Å². The lowest BCUT2D eigenvalue weighted by atomic mass is 10.1. The molecule has 0 atom stereocenters. The van der Waals surface area contributed by atoms with Crippen LogP contribution in [0.15, 0.2) is 0 Å². The monoisotopic (exact) mass is 276 g/mol. The zero-order valence-electron chi connectivity index (χ0n) is 13.7. The molecule has 4 nitrogen and oxygen atoms in total. The van der Waals surface area contributed by atoms with Crippen LogP contribution >= 0.6 is 0 Å². The summed E-state index contributed by atoms with van der Waals surface area (Å²) in [6.45, 7) is 12.0. The maximum atomic E-state index is 4.87. The van der Waals surface area contributed by atoms with Gasteiger partial charge in [-0.1, -0.05) is 27.7 Å². The van der Waals surface area contributed by atoms with Crippen LogP contribution < -0.4 is 10.2 Å². The van der Waals surface area contributed by atoms with Crippen LogP contribution in [-0.4, -0.2) is 29.6 Å². The minimum absolute atomic E-state index is 0.349. The van der Waals surface area contributed by atoms with Gasteiger partial charge in [-0.15, -0.1) is 0 Å². The van der Waals surface area contributed by atoms with Gasteiger partial charge in [-0.3, -0.25) is 0 Å². The Bertz CT molecular complexity index is 464. The van der Waals surface area contributed by atoms with Crippen molar-refractivity contribution in [3.8, 4) is 0 Å². The van der Waals surface area contributed by atoms with E-state index in [2.05, 4.69) is 49.8 Å². The SMILES string of the molecule is CNc1nc(C(C)C)nc(N(CC(C)C)C2CC2)c1C. The Hall–Kier alpha value is -1.32. The largest absolute Gasteiger partial charge is 0.373 e. The van der Waals surface area contributed by atoms with Crippen molar-refractivity contribution >= 4 is 11.6 Å². The molecule has 0 saturated heterocycles. The zero-order valence-corrected chi connectivity index (χ0v) is 13.7. The fraction of sp³-hybridized carbons (Fsp3) is 0.750. The Morgan fingerprint density at radius 2 is 1.85 bits per heavy atom. The minimum Gasteiger partial charge on any atom is -0.373 e. The molecule has 0 bridgehead atoms. The van der Waals surface area contributed by atoms with Gasteiger partial charge in [0.25, 0.3) is 0 Å². The Balaban J connectivity index is 2.43. The molecule has 1 saturated carbocycles. The summed E-state index contributed by atoms with van der Waals surface area (Å²) in [4.78, 5) is 12.0. The molecule has 1 fully saturated rings. The van der Waals surface area contributed by atoms with E-state index in [1.54, 1.807) is 0 Å². The first kappa shape index (κ1) is 15.1. The Morgan fingerprint density at radius 1 is 1.20 bits per heavy atom. The first-order valence-corrected chi connectivity index (χ1v) is 7.77. The van der Waals surface area contributed by atoms with Crippen molar-refractivity contribution in [1.29, 1.82) is 0 Å². The van der Waals surface area contributed by atoms with Crippen LogP contribution in [0.2, 0.25) is 0 Å². The van der Waals surface area contributed by atoms with Gasteiger partial charge in [0.05, 0.1) is 0 Å². The topological polar surface area (TPSA) is 41.1 Å². The molecule has 0 aromatic carbocycles. The summed E-state index contributed by atoms with van der Waals surface area (Å²) in [7, 11) is 1.94. The summed E-state index contributed by atoms with van der Waals surface area (Å²) in [5.74, 6) is 4.02. The van der Waals surface area contributed by atoms with Gasteiger partial charge in [-0.05, 0) is 25.7 Å². The second-order valence-electron chi connectivity index (χ2n) is 6.56. The fourth-order valence-corrected chi connectivity index (χ4v) is 2.49. The molecule has 0 unspecified atom stereocenters. The van der Waals surface area contributed by atoms with Crippen LogP contribution in [0, 0.1) is 12.8 Å². The van der Waals surface area contributed by atoms with Gasteiger partial charge < -0.3 is 10.2 Å². The number of hydrogen-bond acceptors (Lipinski definition) is 4. The summed E-state index contributed by atoms with van der Waals surface area (Å²) >= 11 is 0. The Kier molecular flexibility index (Phi) is 4.51. The molecule has 1 aliphatic rings. The molecule has 1 heterocycles. The molecule has 20 heavy (non-hydrogen) atoms. The van der Waals surface area contributed by atoms with Crippen molar-refractivity contribution in [2.24, 2.45) is 5.92 Å². The van der Waals surface area contributed by atoms with Gasteiger partial charge in [0.15, 0.2) is 0 Å². The smallest absolute Gasteiger partial charge is 0.137 e. The van der Waals surface area contributed by atoms with Gasteiger partial charge in [-0.2, -0.15) is 0 Å². The summed E-state index contributed by atoms with van der Waals surface area (Å²) in [6.07, 6.45) is 2.59. The molecular weight excluding hydrogens is 248 g/mol. The molecular formula is C16H28N4. The van der Waals surface area contributed by atoms with Crippen LogP contribution in [0.5, 0.6) is 0 Å². The molecule has 1 N–H and O–H groups in total. The molecule has 1 aromatic heterocycles. The molecule has 1 aliphatic carbocycles. The summed E-state index contributed by atoms with van der Waals surface area (Å²) in [6, 6.07) is 0.677. The molecule has 4 heteroatoms. The maximum absolute atomic E-state index is 4.87. The quantitative estimate of drug-likeness (QED) is 0.862. The van der Waals surface area contributed by atoms with Gasteiger partial charge in [0, 0.05) is 31.1 Å². The predicted molar refractivity (Wildman–Crippen MR) is 85.6 cm³/mol. The van der Waals surface area contributed by atoms with E-state index in [1.807, 2.05) is 7.05 Å². The van der Waals surface area contributed by atoms with E-state index in [9.17, 15) is 0 Å². The van der Waals surface area contributed by atoms with Gasteiger partial charge in [-0.25, -0.2) is 9.97 Å². The molecule has 0 aliphatic heterocycles. The second kappa shape index (κ2) is 5.98. The van der Waals surface area contributed by atoms with Crippen LogP contribution in [0.4, 0.5) is 11.6 Å². The van der Waals surface area contributed by atoms with Gasteiger partial charge >= 0.3 is 0 Å². The van der Waals surface area contributed by atoms with Crippen LogP contribution in [0.3, 0.4) is 0 Å². The number of hydrogen-bond donors (Lipinski definition) is 1. The molecule has 2 rings (SSSR count).